The molecular formula is C16H20N2O2. The fraction of sp³-hybridized carbons (Fsp3) is 0.312. The van der Waals surface area contributed by atoms with E-state index in [-0.39, 0.29) is 0 Å². The Morgan fingerprint density at radius 2 is 1.75 bits per heavy atom. The topological polar surface area (TPSA) is 43.4 Å². The largest absolute Gasteiger partial charge is 0.494 e. The first-order valence-electron chi connectivity index (χ1n) is 6.87. The van der Waals surface area contributed by atoms with E-state index in [0.717, 1.165) is 29.6 Å². The van der Waals surface area contributed by atoms with E-state index in [2.05, 4.69) is 10.3 Å². The predicted octanol–water partition coefficient (Wildman–Crippen LogP) is 3.49. The Hall–Kier alpha value is -2.23. The second kappa shape index (κ2) is 7.38. The van der Waals surface area contributed by atoms with E-state index >= 15 is 0 Å². The van der Waals surface area contributed by atoms with E-state index in [4.69, 9.17) is 9.47 Å². The number of hydrogen-bond acceptors (Lipinski definition) is 4. The van der Waals surface area contributed by atoms with Gasteiger partial charge < -0.3 is 14.8 Å². The fourth-order valence-corrected chi connectivity index (χ4v) is 1.82. The number of pyridine rings is 1. The molecule has 0 radical (unpaired) electrons. The molecule has 20 heavy (non-hydrogen) atoms. The minimum Gasteiger partial charge on any atom is -0.494 e. The van der Waals surface area contributed by atoms with Crippen molar-refractivity contribution in [1.82, 2.24) is 4.98 Å². The summed E-state index contributed by atoms with van der Waals surface area (Å²) in [5.41, 5.74) is 0.894. The van der Waals surface area contributed by atoms with Crippen molar-refractivity contribution in [1.29, 1.82) is 0 Å². The molecule has 0 fully saturated rings. The van der Waals surface area contributed by atoms with Crippen LogP contribution in [0, 0.1) is 0 Å². The van der Waals surface area contributed by atoms with E-state index in [1.807, 2.05) is 56.3 Å². The second-order valence-corrected chi connectivity index (χ2v) is 4.24. The SMILES string of the molecule is CCNc1cccc(COc2cccc(OCC)c2)n1. The van der Waals surface area contributed by atoms with Gasteiger partial charge in [-0.2, -0.15) is 0 Å². The Morgan fingerprint density at radius 3 is 2.50 bits per heavy atom. The summed E-state index contributed by atoms with van der Waals surface area (Å²) >= 11 is 0. The average molecular weight is 272 g/mol. The van der Waals surface area contributed by atoms with E-state index < -0.39 is 0 Å². The summed E-state index contributed by atoms with van der Waals surface area (Å²) in [5, 5.41) is 3.19. The molecule has 2 aromatic rings. The van der Waals surface area contributed by atoms with Gasteiger partial charge in [-0.1, -0.05) is 12.1 Å². The zero-order chi connectivity index (χ0) is 14.2. The average Bonchev–Trinajstić information content (AvgIpc) is 2.47. The van der Waals surface area contributed by atoms with Crippen LogP contribution in [0.15, 0.2) is 42.5 Å². The van der Waals surface area contributed by atoms with Gasteiger partial charge in [-0.25, -0.2) is 4.98 Å². The van der Waals surface area contributed by atoms with Gasteiger partial charge in [0, 0.05) is 12.6 Å². The first kappa shape index (κ1) is 14.2. The number of benzene rings is 1. The Kier molecular flexibility index (Phi) is 5.24. The molecule has 1 aromatic carbocycles. The summed E-state index contributed by atoms with van der Waals surface area (Å²) in [6.07, 6.45) is 0. The zero-order valence-electron chi connectivity index (χ0n) is 11.9. The Bertz CT molecular complexity index is 494. The lowest BCUT2D eigenvalue weighted by molar-refractivity contribution is 0.295. The molecule has 0 atom stereocenters. The second-order valence-electron chi connectivity index (χ2n) is 4.24. The highest BCUT2D eigenvalue weighted by Gasteiger charge is 2.00. The van der Waals surface area contributed by atoms with Crippen LogP contribution in [0.3, 0.4) is 0 Å². The molecule has 4 heteroatoms. The molecule has 0 saturated carbocycles. The van der Waals surface area contributed by atoms with E-state index in [0.29, 0.717) is 13.2 Å². The fourth-order valence-electron chi connectivity index (χ4n) is 1.82. The van der Waals surface area contributed by atoms with Crippen LogP contribution in [0.25, 0.3) is 0 Å². The van der Waals surface area contributed by atoms with E-state index in [1.54, 1.807) is 0 Å². The maximum atomic E-state index is 5.74. The molecule has 0 aliphatic rings. The highest BCUT2D eigenvalue weighted by atomic mass is 16.5. The van der Waals surface area contributed by atoms with Crippen molar-refractivity contribution in [2.24, 2.45) is 0 Å². The number of ether oxygens (including phenoxy) is 2. The molecule has 106 valence electrons. The summed E-state index contributed by atoms with van der Waals surface area (Å²) < 4.78 is 11.2. The summed E-state index contributed by atoms with van der Waals surface area (Å²) in [6, 6.07) is 13.5. The summed E-state index contributed by atoms with van der Waals surface area (Å²) in [7, 11) is 0. The van der Waals surface area contributed by atoms with Crippen LogP contribution < -0.4 is 14.8 Å². The number of anilines is 1. The lowest BCUT2D eigenvalue weighted by atomic mass is 10.3. The molecular weight excluding hydrogens is 252 g/mol. The Morgan fingerprint density at radius 1 is 1.00 bits per heavy atom. The van der Waals surface area contributed by atoms with Gasteiger partial charge in [0.25, 0.3) is 0 Å². The van der Waals surface area contributed by atoms with Crippen molar-refractivity contribution >= 4 is 5.82 Å². The van der Waals surface area contributed by atoms with Gasteiger partial charge in [0.2, 0.25) is 0 Å². The number of nitrogens with one attached hydrogen (secondary N) is 1. The first-order chi connectivity index (χ1) is 9.81. The van der Waals surface area contributed by atoms with Crippen LogP contribution in [0.1, 0.15) is 19.5 Å². The van der Waals surface area contributed by atoms with Crippen molar-refractivity contribution in [3.63, 3.8) is 0 Å². The maximum absolute atomic E-state index is 5.74. The summed E-state index contributed by atoms with van der Waals surface area (Å²) in [5.74, 6) is 2.47. The van der Waals surface area contributed by atoms with Crippen LogP contribution in [0.2, 0.25) is 0 Å². The van der Waals surface area contributed by atoms with Gasteiger partial charge >= 0.3 is 0 Å². The number of hydrogen-bond donors (Lipinski definition) is 1. The third-order valence-corrected chi connectivity index (χ3v) is 2.67. The Balaban J connectivity index is 1.97. The molecule has 1 N–H and O–H groups in total. The van der Waals surface area contributed by atoms with Crippen LogP contribution >= 0.6 is 0 Å². The lowest BCUT2D eigenvalue weighted by Crippen LogP contribution is -2.03. The molecule has 0 unspecified atom stereocenters. The molecule has 0 spiro atoms. The normalized spacial score (nSPS) is 10.1. The summed E-state index contributed by atoms with van der Waals surface area (Å²) in [6.45, 7) is 5.95. The quantitative estimate of drug-likeness (QED) is 0.838. The minimum atomic E-state index is 0.439. The number of nitrogens with zero attached hydrogens (tertiary/aromatic N) is 1. The van der Waals surface area contributed by atoms with Crippen molar-refractivity contribution in [3.05, 3.63) is 48.2 Å². The zero-order valence-corrected chi connectivity index (χ0v) is 11.9. The molecule has 0 amide bonds. The smallest absolute Gasteiger partial charge is 0.130 e. The van der Waals surface area contributed by atoms with Gasteiger partial charge in [0.05, 0.1) is 12.3 Å². The third kappa shape index (κ3) is 4.16. The highest BCUT2D eigenvalue weighted by molar-refractivity contribution is 5.35. The van der Waals surface area contributed by atoms with Crippen LogP contribution in [-0.4, -0.2) is 18.1 Å². The van der Waals surface area contributed by atoms with E-state index in [1.165, 1.54) is 0 Å². The standard InChI is InChI=1S/C16H20N2O2/c1-3-17-16-10-5-7-13(18-16)12-20-15-9-6-8-14(11-15)19-4-2/h5-11H,3-4,12H2,1-2H3,(H,17,18). The molecule has 0 aliphatic heterocycles. The van der Waals surface area contributed by atoms with Crippen molar-refractivity contribution < 1.29 is 9.47 Å². The van der Waals surface area contributed by atoms with Gasteiger partial charge in [-0.15, -0.1) is 0 Å². The van der Waals surface area contributed by atoms with Crippen molar-refractivity contribution in [2.45, 2.75) is 20.5 Å². The molecule has 0 saturated heterocycles. The molecule has 1 aromatic heterocycles. The molecule has 1 heterocycles. The third-order valence-electron chi connectivity index (χ3n) is 2.67. The minimum absolute atomic E-state index is 0.439. The summed E-state index contributed by atoms with van der Waals surface area (Å²) in [4.78, 5) is 4.47. The van der Waals surface area contributed by atoms with Crippen LogP contribution in [-0.2, 0) is 6.61 Å². The number of aromatic nitrogens is 1. The van der Waals surface area contributed by atoms with Gasteiger partial charge in [-0.3, -0.25) is 0 Å². The monoisotopic (exact) mass is 272 g/mol. The predicted molar refractivity (Wildman–Crippen MR) is 80.3 cm³/mol. The van der Waals surface area contributed by atoms with Crippen molar-refractivity contribution in [2.75, 3.05) is 18.5 Å². The van der Waals surface area contributed by atoms with Gasteiger partial charge in [0.1, 0.15) is 23.9 Å². The number of rotatable bonds is 7. The van der Waals surface area contributed by atoms with Crippen LogP contribution in [0.5, 0.6) is 11.5 Å². The maximum Gasteiger partial charge on any atom is 0.130 e. The lowest BCUT2D eigenvalue weighted by Gasteiger charge is -2.09. The molecule has 0 aliphatic carbocycles. The van der Waals surface area contributed by atoms with Crippen LogP contribution in [0.4, 0.5) is 5.82 Å². The van der Waals surface area contributed by atoms with E-state index in [9.17, 15) is 0 Å². The van der Waals surface area contributed by atoms with Gasteiger partial charge in [-0.05, 0) is 38.1 Å². The first-order valence-corrected chi connectivity index (χ1v) is 6.87. The highest BCUT2D eigenvalue weighted by Crippen LogP contribution is 2.20. The molecule has 4 nitrogen and oxygen atoms in total. The van der Waals surface area contributed by atoms with Crippen molar-refractivity contribution in [3.8, 4) is 11.5 Å². The Labute approximate surface area is 119 Å². The molecule has 2 rings (SSSR count). The van der Waals surface area contributed by atoms with Gasteiger partial charge in [0.15, 0.2) is 0 Å². The molecule has 0 bridgehead atoms.